The normalized spacial score (nSPS) is 15.8. The van der Waals surface area contributed by atoms with Gasteiger partial charge in [0.2, 0.25) is 5.91 Å². The van der Waals surface area contributed by atoms with Crippen molar-refractivity contribution in [3.05, 3.63) is 23.8 Å². The first kappa shape index (κ1) is 14.2. The first-order valence-electron chi connectivity index (χ1n) is 6.69. The summed E-state index contributed by atoms with van der Waals surface area (Å²) in [6.07, 6.45) is 0.863. The van der Waals surface area contributed by atoms with Gasteiger partial charge in [0.1, 0.15) is 0 Å². The van der Waals surface area contributed by atoms with E-state index in [0.29, 0.717) is 24.3 Å². The summed E-state index contributed by atoms with van der Waals surface area (Å²) in [7, 11) is 0. The quantitative estimate of drug-likeness (QED) is 0.766. The van der Waals surface area contributed by atoms with E-state index >= 15 is 0 Å². The van der Waals surface area contributed by atoms with E-state index in [9.17, 15) is 9.59 Å². The number of benzene rings is 1. The van der Waals surface area contributed by atoms with Crippen LogP contribution in [0.3, 0.4) is 0 Å². The molecule has 0 radical (unpaired) electrons. The fourth-order valence-electron chi connectivity index (χ4n) is 2.50. The summed E-state index contributed by atoms with van der Waals surface area (Å²) in [5, 5.41) is 0. The lowest BCUT2D eigenvalue weighted by Gasteiger charge is -2.25. The number of nitrogens with two attached hydrogens (primary N) is 2. The molecule has 1 fully saturated rings. The van der Waals surface area contributed by atoms with Crippen LogP contribution in [-0.4, -0.2) is 42.9 Å². The van der Waals surface area contributed by atoms with Crippen LogP contribution in [0.25, 0.3) is 0 Å². The van der Waals surface area contributed by atoms with Gasteiger partial charge in [-0.15, -0.1) is 0 Å². The minimum atomic E-state index is -0.486. The van der Waals surface area contributed by atoms with Crippen molar-refractivity contribution < 1.29 is 9.59 Å². The second-order valence-electron chi connectivity index (χ2n) is 4.99. The number of rotatable bonds is 2. The van der Waals surface area contributed by atoms with E-state index in [4.69, 9.17) is 11.5 Å². The van der Waals surface area contributed by atoms with Gasteiger partial charge in [0, 0.05) is 44.5 Å². The summed E-state index contributed by atoms with van der Waals surface area (Å²) >= 11 is 0. The van der Waals surface area contributed by atoms with Crippen LogP contribution < -0.4 is 16.4 Å². The topological polar surface area (TPSA) is 92.7 Å². The molecule has 4 N–H and O–H groups in total. The van der Waals surface area contributed by atoms with Crippen LogP contribution in [0.5, 0.6) is 0 Å². The number of hydrogen-bond donors (Lipinski definition) is 2. The Balaban J connectivity index is 2.23. The number of amides is 2. The Kier molecular flexibility index (Phi) is 4.12. The molecular weight excluding hydrogens is 256 g/mol. The number of primary amides is 1. The lowest BCUT2D eigenvalue weighted by atomic mass is 10.1. The van der Waals surface area contributed by atoms with E-state index in [1.165, 1.54) is 0 Å². The highest BCUT2D eigenvalue weighted by molar-refractivity contribution is 5.99. The molecule has 2 rings (SSSR count). The first-order valence-corrected chi connectivity index (χ1v) is 6.69. The van der Waals surface area contributed by atoms with E-state index < -0.39 is 5.91 Å². The summed E-state index contributed by atoms with van der Waals surface area (Å²) in [5.41, 5.74) is 12.9. The van der Waals surface area contributed by atoms with Crippen molar-refractivity contribution in [1.82, 2.24) is 4.90 Å². The fourth-order valence-corrected chi connectivity index (χ4v) is 2.50. The van der Waals surface area contributed by atoms with Crippen molar-refractivity contribution in [3.8, 4) is 0 Å². The molecule has 108 valence electrons. The van der Waals surface area contributed by atoms with Crippen LogP contribution in [0.4, 0.5) is 11.4 Å². The number of carbonyl (C=O) groups excluding carboxylic acids is 2. The number of nitrogens with zero attached hydrogens (tertiary/aromatic N) is 2. The van der Waals surface area contributed by atoms with Crippen molar-refractivity contribution in [2.24, 2.45) is 5.73 Å². The molecular formula is C14H20N4O2. The highest BCUT2D eigenvalue weighted by Crippen LogP contribution is 2.24. The zero-order chi connectivity index (χ0) is 14.7. The molecule has 2 amide bonds. The van der Waals surface area contributed by atoms with Gasteiger partial charge in [-0.3, -0.25) is 9.59 Å². The van der Waals surface area contributed by atoms with E-state index in [2.05, 4.69) is 4.90 Å². The van der Waals surface area contributed by atoms with E-state index in [0.717, 1.165) is 25.2 Å². The standard InChI is InChI=1S/C14H20N4O2/c1-10(19)17-5-2-6-18(8-7-17)13-4-3-11(15)9-12(13)14(16)20/h3-4,9H,2,5-8,15H2,1H3,(H2,16,20). The Bertz CT molecular complexity index is 530. The maximum Gasteiger partial charge on any atom is 0.250 e. The monoisotopic (exact) mass is 276 g/mol. The van der Waals surface area contributed by atoms with Crippen molar-refractivity contribution in [3.63, 3.8) is 0 Å². The maximum absolute atomic E-state index is 11.6. The number of carbonyl (C=O) groups is 2. The highest BCUT2D eigenvalue weighted by atomic mass is 16.2. The zero-order valence-electron chi connectivity index (χ0n) is 11.6. The Morgan fingerprint density at radius 2 is 1.90 bits per heavy atom. The van der Waals surface area contributed by atoms with Crippen LogP contribution in [0.1, 0.15) is 23.7 Å². The molecule has 1 aromatic carbocycles. The molecule has 0 aliphatic carbocycles. The SMILES string of the molecule is CC(=O)N1CCCN(c2ccc(N)cc2C(N)=O)CC1. The smallest absolute Gasteiger partial charge is 0.250 e. The Hall–Kier alpha value is -2.24. The lowest BCUT2D eigenvalue weighted by Crippen LogP contribution is -2.34. The molecule has 6 nitrogen and oxygen atoms in total. The van der Waals surface area contributed by atoms with E-state index in [1.54, 1.807) is 19.1 Å². The Labute approximate surface area is 118 Å². The van der Waals surface area contributed by atoms with Gasteiger partial charge in [0.15, 0.2) is 0 Å². The van der Waals surface area contributed by atoms with Crippen molar-refractivity contribution in [1.29, 1.82) is 0 Å². The average molecular weight is 276 g/mol. The molecule has 1 aliphatic rings. The molecule has 6 heteroatoms. The van der Waals surface area contributed by atoms with Crippen LogP contribution in [0, 0.1) is 0 Å². The summed E-state index contributed by atoms with van der Waals surface area (Å²) in [5.74, 6) is -0.403. The maximum atomic E-state index is 11.6. The second kappa shape index (κ2) is 5.81. The average Bonchev–Trinajstić information content (AvgIpc) is 2.64. The fraction of sp³-hybridized carbons (Fsp3) is 0.429. The van der Waals surface area contributed by atoms with E-state index in [-0.39, 0.29) is 5.91 Å². The third kappa shape index (κ3) is 3.01. The summed E-state index contributed by atoms with van der Waals surface area (Å²) < 4.78 is 0. The summed E-state index contributed by atoms with van der Waals surface area (Å²) in [6, 6.07) is 5.18. The Morgan fingerprint density at radius 1 is 1.15 bits per heavy atom. The van der Waals surface area contributed by atoms with Gasteiger partial charge in [0.25, 0.3) is 5.91 Å². The number of nitrogen functional groups attached to an aromatic ring is 1. The Morgan fingerprint density at radius 3 is 2.55 bits per heavy atom. The minimum absolute atomic E-state index is 0.0827. The van der Waals surface area contributed by atoms with Crippen molar-refractivity contribution in [2.75, 3.05) is 36.8 Å². The van der Waals surface area contributed by atoms with Crippen molar-refractivity contribution in [2.45, 2.75) is 13.3 Å². The summed E-state index contributed by atoms with van der Waals surface area (Å²) in [4.78, 5) is 26.9. The lowest BCUT2D eigenvalue weighted by molar-refractivity contribution is -0.128. The van der Waals surface area contributed by atoms with Gasteiger partial charge in [-0.25, -0.2) is 0 Å². The third-order valence-corrected chi connectivity index (χ3v) is 3.57. The van der Waals surface area contributed by atoms with Crippen LogP contribution in [-0.2, 0) is 4.79 Å². The van der Waals surface area contributed by atoms with Crippen LogP contribution >= 0.6 is 0 Å². The van der Waals surface area contributed by atoms with Gasteiger partial charge in [-0.2, -0.15) is 0 Å². The number of hydrogen-bond acceptors (Lipinski definition) is 4. The molecule has 0 atom stereocenters. The zero-order valence-corrected chi connectivity index (χ0v) is 11.6. The largest absolute Gasteiger partial charge is 0.399 e. The van der Waals surface area contributed by atoms with Crippen molar-refractivity contribution >= 4 is 23.2 Å². The predicted molar refractivity (Wildman–Crippen MR) is 78.5 cm³/mol. The molecule has 0 aromatic heterocycles. The molecule has 0 spiro atoms. The number of anilines is 2. The van der Waals surface area contributed by atoms with Gasteiger partial charge >= 0.3 is 0 Å². The summed E-state index contributed by atoms with van der Waals surface area (Å²) in [6.45, 7) is 4.44. The molecule has 1 aliphatic heterocycles. The van der Waals surface area contributed by atoms with Crippen LogP contribution in [0.15, 0.2) is 18.2 Å². The highest BCUT2D eigenvalue weighted by Gasteiger charge is 2.20. The molecule has 0 saturated carbocycles. The molecule has 0 unspecified atom stereocenters. The second-order valence-corrected chi connectivity index (χ2v) is 4.99. The molecule has 0 bridgehead atoms. The van der Waals surface area contributed by atoms with Crippen LogP contribution in [0.2, 0.25) is 0 Å². The molecule has 20 heavy (non-hydrogen) atoms. The van der Waals surface area contributed by atoms with Gasteiger partial charge in [-0.05, 0) is 24.6 Å². The van der Waals surface area contributed by atoms with Gasteiger partial charge in [0.05, 0.1) is 5.56 Å². The molecule has 1 saturated heterocycles. The minimum Gasteiger partial charge on any atom is -0.399 e. The first-order chi connectivity index (χ1) is 9.49. The van der Waals surface area contributed by atoms with Gasteiger partial charge in [-0.1, -0.05) is 0 Å². The van der Waals surface area contributed by atoms with E-state index in [1.807, 2.05) is 11.0 Å². The molecule has 1 heterocycles. The predicted octanol–water partition coefficient (Wildman–Crippen LogP) is 0.426. The third-order valence-electron chi connectivity index (χ3n) is 3.57. The molecule has 1 aromatic rings. The van der Waals surface area contributed by atoms with Gasteiger partial charge < -0.3 is 21.3 Å².